The molecule has 1 aromatic carbocycles. The monoisotopic (exact) mass is 361 g/mol. The molecule has 0 saturated heterocycles. The van der Waals surface area contributed by atoms with Gasteiger partial charge in [0.15, 0.2) is 0 Å². The fourth-order valence-corrected chi connectivity index (χ4v) is 2.79. The molecule has 1 atom stereocenters. The van der Waals surface area contributed by atoms with Gasteiger partial charge >= 0.3 is 6.18 Å². The highest BCUT2D eigenvalue weighted by molar-refractivity contribution is 9.10. The van der Waals surface area contributed by atoms with E-state index >= 15 is 0 Å². The van der Waals surface area contributed by atoms with Crippen molar-refractivity contribution in [3.05, 3.63) is 51.8 Å². The molecule has 7 heteroatoms. The van der Waals surface area contributed by atoms with Gasteiger partial charge in [0.2, 0.25) is 0 Å². The first-order valence-corrected chi connectivity index (χ1v) is 7.21. The van der Waals surface area contributed by atoms with E-state index in [1.807, 2.05) is 6.92 Å². The lowest BCUT2D eigenvalue weighted by atomic mass is 10.0. The maximum Gasteiger partial charge on any atom is 0.416 e. The van der Waals surface area contributed by atoms with Crippen LogP contribution in [0.1, 0.15) is 29.8 Å². The number of aromatic nitrogens is 2. The molecule has 0 saturated carbocycles. The minimum atomic E-state index is -4.35. The number of benzene rings is 1. The first-order valence-electron chi connectivity index (χ1n) is 6.42. The summed E-state index contributed by atoms with van der Waals surface area (Å²) in [4.78, 5) is 0. The summed E-state index contributed by atoms with van der Waals surface area (Å²) in [6.45, 7) is 2.53. The minimum Gasteiger partial charge on any atom is -0.305 e. The standard InChI is InChI=1S/C14H15BrF3N3/c1-3-19-12(13-11(15)8-20-21(13)2)9-5-4-6-10(7-9)14(16,17)18/h4-8,12,19H,3H2,1-2H3. The second kappa shape index (κ2) is 6.19. The van der Waals surface area contributed by atoms with Crippen molar-refractivity contribution in [3.63, 3.8) is 0 Å². The normalized spacial score (nSPS) is 13.4. The summed E-state index contributed by atoms with van der Waals surface area (Å²) in [6, 6.07) is 4.99. The maximum atomic E-state index is 12.9. The Morgan fingerprint density at radius 2 is 2.10 bits per heavy atom. The van der Waals surface area contributed by atoms with Gasteiger partial charge < -0.3 is 5.32 Å². The van der Waals surface area contributed by atoms with E-state index in [1.165, 1.54) is 12.1 Å². The molecule has 1 unspecified atom stereocenters. The van der Waals surface area contributed by atoms with Crippen LogP contribution in [0.15, 0.2) is 34.9 Å². The summed E-state index contributed by atoms with van der Waals surface area (Å²) in [5.74, 6) is 0. The van der Waals surface area contributed by atoms with E-state index in [1.54, 1.807) is 24.0 Å². The lowest BCUT2D eigenvalue weighted by Crippen LogP contribution is -2.25. The number of nitrogens with one attached hydrogen (secondary N) is 1. The van der Waals surface area contributed by atoms with E-state index in [0.717, 1.165) is 16.2 Å². The van der Waals surface area contributed by atoms with E-state index in [4.69, 9.17) is 0 Å². The zero-order chi connectivity index (χ0) is 15.6. The average Bonchev–Trinajstić information content (AvgIpc) is 2.75. The van der Waals surface area contributed by atoms with Gasteiger partial charge in [-0.05, 0) is 40.2 Å². The van der Waals surface area contributed by atoms with E-state index in [-0.39, 0.29) is 6.04 Å². The van der Waals surface area contributed by atoms with Crippen molar-refractivity contribution < 1.29 is 13.2 Å². The maximum absolute atomic E-state index is 12.9. The van der Waals surface area contributed by atoms with Crippen LogP contribution >= 0.6 is 15.9 Å². The van der Waals surface area contributed by atoms with Crippen molar-refractivity contribution in [1.82, 2.24) is 15.1 Å². The Morgan fingerprint density at radius 1 is 1.38 bits per heavy atom. The molecule has 0 aliphatic rings. The summed E-state index contributed by atoms with van der Waals surface area (Å²) in [7, 11) is 1.76. The number of hydrogen-bond donors (Lipinski definition) is 1. The molecule has 0 spiro atoms. The van der Waals surface area contributed by atoms with Crippen molar-refractivity contribution in [3.8, 4) is 0 Å². The zero-order valence-corrected chi connectivity index (χ0v) is 13.2. The Bertz CT molecular complexity index is 603. The molecule has 3 nitrogen and oxygen atoms in total. The van der Waals surface area contributed by atoms with E-state index in [9.17, 15) is 13.2 Å². The fraction of sp³-hybridized carbons (Fsp3) is 0.357. The highest BCUT2D eigenvalue weighted by Gasteiger charge is 2.31. The van der Waals surface area contributed by atoms with Gasteiger partial charge in [-0.15, -0.1) is 0 Å². The quantitative estimate of drug-likeness (QED) is 0.894. The third-order valence-corrected chi connectivity index (χ3v) is 3.78. The number of hydrogen-bond acceptors (Lipinski definition) is 2. The highest BCUT2D eigenvalue weighted by atomic mass is 79.9. The van der Waals surface area contributed by atoms with Crippen molar-refractivity contribution in [1.29, 1.82) is 0 Å². The summed E-state index contributed by atoms with van der Waals surface area (Å²) in [5.41, 5.74) is 0.688. The van der Waals surface area contributed by atoms with Crippen molar-refractivity contribution in [2.24, 2.45) is 7.05 Å². The van der Waals surface area contributed by atoms with Crippen LogP contribution in [-0.4, -0.2) is 16.3 Å². The molecule has 0 amide bonds. The van der Waals surface area contributed by atoms with Crippen molar-refractivity contribution >= 4 is 15.9 Å². The Morgan fingerprint density at radius 3 is 2.62 bits per heavy atom. The van der Waals surface area contributed by atoms with Gasteiger partial charge in [0.1, 0.15) is 0 Å². The van der Waals surface area contributed by atoms with Crippen LogP contribution in [0.3, 0.4) is 0 Å². The van der Waals surface area contributed by atoms with Crippen LogP contribution < -0.4 is 5.32 Å². The van der Waals surface area contributed by atoms with Crippen LogP contribution in [0.4, 0.5) is 13.2 Å². The molecular weight excluding hydrogens is 347 g/mol. The number of halogens is 4. The third kappa shape index (κ3) is 3.47. The summed E-state index contributed by atoms with van der Waals surface area (Å²) in [6.07, 6.45) is -2.72. The molecular formula is C14H15BrF3N3. The lowest BCUT2D eigenvalue weighted by molar-refractivity contribution is -0.137. The Labute approximate surface area is 129 Å². The van der Waals surface area contributed by atoms with Crippen LogP contribution in [0, 0.1) is 0 Å². The molecule has 0 radical (unpaired) electrons. The predicted molar refractivity (Wildman–Crippen MR) is 77.9 cm³/mol. The summed E-state index contributed by atoms with van der Waals surface area (Å²) < 4.78 is 41.0. The SMILES string of the molecule is CCNC(c1cccc(C(F)(F)F)c1)c1c(Br)cnn1C. The van der Waals surface area contributed by atoms with Gasteiger partial charge in [0.25, 0.3) is 0 Å². The average molecular weight is 362 g/mol. The Kier molecular flexibility index (Phi) is 4.73. The van der Waals surface area contributed by atoms with E-state index in [0.29, 0.717) is 12.1 Å². The van der Waals surface area contributed by atoms with Crippen molar-refractivity contribution in [2.75, 3.05) is 6.54 Å². The number of nitrogens with zero attached hydrogens (tertiary/aromatic N) is 2. The van der Waals surface area contributed by atoms with Gasteiger partial charge in [0, 0.05) is 7.05 Å². The number of aryl methyl sites for hydroxylation is 1. The van der Waals surface area contributed by atoms with Crippen LogP contribution in [-0.2, 0) is 13.2 Å². The molecule has 0 aliphatic heterocycles. The molecule has 1 aromatic heterocycles. The Balaban J connectivity index is 2.49. The predicted octanol–water partition coefficient (Wildman–Crippen LogP) is 3.90. The fourth-order valence-electron chi connectivity index (χ4n) is 2.22. The third-order valence-electron chi connectivity index (χ3n) is 3.17. The topological polar surface area (TPSA) is 29.9 Å². The van der Waals surface area contributed by atoms with Gasteiger partial charge in [-0.3, -0.25) is 4.68 Å². The lowest BCUT2D eigenvalue weighted by Gasteiger charge is -2.20. The number of alkyl halides is 3. The summed E-state index contributed by atoms with van der Waals surface area (Å²) in [5, 5.41) is 7.33. The number of rotatable bonds is 4. The van der Waals surface area contributed by atoms with E-state index in [2.05, 4.69) is 26.3 Å². The van der Waals surface area contributed by atoms with Gasteiger partial charge in [-0.2, -0.15) is 18.3 Å². The molecule has 114 valence electrons. The minimum absolute atomic E-state index is 0.362. The molecule has 1 heterocycles. The molecule has 0 aliphatic carbocycles. The van der Waals surface area contributed by atoms with Crippen LogP contribution in [0.25, 0.3) is 0 Å². The largest absolute Gasteiger partial charge is 0.416 e. The molecule has 2 rings (SSSR count). The Hall–Kier alpha value is -1.34. The van der Waals surface area contributed by atoms with Crippen LogP contribution in [0.2, 0.25) is 0 Å². The first kappa shape index (κ1) is 16.0. The second-order valence-corrected chi connectivity index (χ2v) is 5.47. The van der Waals surface area contributed by atoms with Crippen molar-refractivity contribution in [2.45, 2.75) is 19.1 Å². The summed E-state index contributed by atoms with van der Waals surface area (Å²) >= 11 is 3.40. The van der Waals surface area contributed by atoms with Crippen LogP contribution in [0.5, 0.6) is 0 Å². The van der Waals surface area contributed by atoms with Gasteiger partial charge in [-0.25, -0.2) is 0 Å². The smallest absolute Gasteiger partial charge is 0.305 e. The molecule has 2 aromatic rings. The molecule has 1 N–H and O–H groups in total. The first-order chi connectivity index (χ1) is 9.84. The zero-order valence-electron chi connectivity index (χ0n) is 11.6. The van der Waals surface area contributed by atoms with Gasteiger partial charge in [-0.1, -0.05) is 19.1 Å². The van der Waals surface area contributed by atoms with Gasteiger partial charge in [0.05, 0.1) is 28.0 Å². The van der Waals surface area contributed by atoms with E-state index < -0.39 is 11.7 Å². The molecule has 21 heavy (non-hydrogen) atoms. The molecule has 0 fully saturated rings. The second-order valence-electron chi connectivity index (χ2n) is 4.62. The highest BCUT2D eigenvalue weighted by Crippen LogP contribution is 2.33. The molecule has 0 bridgehead atoms.